The zero-order valence-electron chi connectivity index (χ0n) is 17.7. The highest BCUT2D eigenvalue weighted by Crippen LogP contribution is 2.69. The van der Waals surface area contributed by atoms with Gasteiger partial charge >= 0.3 is 0 Å². The van der Waals surface area contributed by atoms with Gasteiger partial charge in [-0.3, -0.25) is 0 Å². The molecule has 0 unspecified atom stereocenters. The van der Waals surface area contributed by atoms with Crippen molar-refractivity contribution in [3.05, 3.63) is 0 Å². The van der Waals surface area contributed by atoms with Gasteiger partial charge in [0.2, 0.25) is 5.96 Å². The first-order valence-electron chi connectivity index (χ1n) is 11.4. The Kier molecular flexibility index (Phi) is 5.10. The van der Waals surface area contributed by atoms with E-state index in [1.54, 1.807) is 0 Å². The lowest BCUT2D eigenvalue weighted by Crippen LogP contribution is -2.62. The molecule has 6 nitrogen and oxygen atoms in total. The van der Waals surface area contributed by atoms with Crippen LogP contribution in [0.5, 0.6) is 0 Å². The van der Waals surface area contributed by atoms with Crippen LogP contribution in [-0.2, 0) is 0 Å². The molecule has 4 rings (SSSR count). The van der Waals surface area contributed by atoms with Crippen molar-refractivity contribution in [1.29, 1.82) is 0 Å². The number of hydrogen-bond donors (Lipinski definition) is 5. The summed E-state index contributed by atoms with van der Waals surface area (Å²) in [6.45, 7) is 5.57. The van der Waals surface area contributed by atoms with Crippen LogP contribution < -0.4 is 16.9 Å². The third kappa shape index (κ3) is 2.94. The topological polar surface area (TPSA) is 117 Å². The lowest BCUT2D eigenvalue weighted by Gasteiger charge is -2.63. The van der Waals surface area contributed by atoms with Crippen LogP contribution in [0.4, 0.5) is 0 Å². The number of aliphatic hydroxyl groups is 2. The van der Waals surface area contributed by atoms with Crippen molar-refractivity contribution < 1.29 is 10.2 Å². The van der Waals surface area contributed by atoms with Gasteiger partial charge in [-0.15, -0.1) is 5.10 Å². The summed E-state index contributed by atoms with van der Waals surface area (Å²) in [5, 5.41) is 26.2. The Morgan fingerprint density at radius 2 is 1.82 bits per heavy atom. The van der Waals surface area contributed by atoms with Gasteiger partial charge in [0.05, 0.1) is 11.7 Å². The zero-order chi connectivity index (χ0) is 20.2. The summed E-state index contributed by atoms with van der Waals surface area (Å²) in [4.78, 5) is 0. The molecule has 8 atom stereocenters. The van der Waals surface area contributed by atoms with Crippen molar-refractivity contribution in [2.45, 2.75) is 89.8 Å². The molecule has 0 aromatic heterocycles. The van der Waals surface area contributed by atoms with E-state index in [2.05, 4.69) is 24.4 Å². The number of nitrogens with one attached hydrogen (secondary N) is 1. The number of hydrogen-bond acceptors (Lipinski definition) is 4. The van der Waals surface area contributed by atoms with E-state index in [1.807, 2.05) is 0 Å². The summed E-state index contributed by atoms with van der Waals surface area (Å²) < 4.78 is 0. The summed E-state index contributed by atoms with van der Waals surface area (Å²) in [6, 6.07) is 0. The Hall–Kier alpha value is -1.01. The second kappa shape index (κ2) is 7.05. The van der Waals surface area contributed by atoms with Crippen molar-refractivity contribution >= 4 is 5.96 Å². The first kappa shape index (κ1) is 20.3. The standard InChI is InChI=1S/C22H40N4O2/c1-20-9-6-16(27)13-15(20)3-4-18-17(20)7-10-21(2)14(5-11-22(18,21)28)8-12-25-26-19(23)24/h14-18,25,27-28H,3-13H2,1-2H3,(H4,23,24,26)/t14-,15-,16+,17+,18-,20+,21-,22+/m1/s1. The maximum atomic E-state index is 12.1. The molecule has 0 bridgehead atoms. The SMILES string of the molecule is C[C@]12CC[C@H](O)C[C@H]1CC[C@@H]1[C@@H]2CC[C@]2(C)[C@@H](CCNN=C(N)N)CC[C@]12O. The van der Waals surface area contributed by atoms with Gasteiger partial charge in [-0.05, 0) is 98.7 Å². The highest BCUT2D eigenvalue weighted by Gasteiger charge is 2.66. The smallest absolute Gasteiger partial charge is 0.208 e. The molecule has 0 spiro atoms. The van der Waals surface area contributed by atoms with Gasteiger partial charge < -0.3 is 27.1 Å². The highest BCUT2D eigenvalue weighted by atomic mass is 16.3. The van der Waals surface area contributed by atoms with Crippen LogP contribution in [0.2, 0.25) is 0 Å². The fourth-order valence-corrected chi connectivity index (χ4v) is 8.16. The van der Waals surface area contributed by atoms with E-state index < -0.39 is 5.60 Å². The molecule has 28 heavy (non-hydrogen) atoms. The van der Waals surface area contributed by atoms with Gasteiger partial charge in [-0.25, -0.2) is 0 Å². The maximum Gasteiger partial charge on any atom is 0.208 e. The Morgan fingerprint density at radius 3 is 2.57 bits per heavy atom. The van der Waals surface area contributed by atoms with Gasteiger partial charge in [0.15, 0.2) is 0 Å². The minimum absolute atomic E-state index is 0.00873. The van der Waals surface area contributed by atoms with E-state index in [9.17, 15) is 10.2 Å². The normalized spacial score (nSPS) is 50.2. The molecule has 0 heterocycles. The number of fused-ring (bicyclic) bond motifs is 5. The van der Waals surface area contributed by atoms with Crippen molar-refractivity contribution in [3.63, 3.8) is 0 Å². The van der Waals surface area contributed by atoms with Crippen LogP contribution in [0, 0.1) is 34.5 Å². The lowest BCUT2D eigenvalue weighted by atomic mass is 9.43. The van der Waals surface area contributed by atoms with Crippen LogP contribution in [0.1, 0.15) is 78.1 Å². The van der Waals surface area contributed by atoms with E-state index in [0.29, 0.717) is 29.1 Å². The number of hydrazone groups is 1. The molecular weight excluding hydrogens is 352 g/mol. The molecular formula is C22H40N4O2. The number of rotatable bonds is 4. The van der Waals surface area contributed by atoms with Crippen molar-refractivity contribution in [3.8, 4) is 0 Å². The monoisotopic (exact) mass is 392 g/mol. The van der Waals surface area contributed by atoms with Gasteiger partial charge in [-0.1, -0.05) is 13.8 Å². The Bertz CT molecular complexity index is 624. The van der Waals surface area contributed by atoms with Gasteiger partial charge in [0.1, 0.15) is 0 Å². The summed E-state index contributed by atoms with van der Waals surface area (Å²) in [6.07, 6.45) is 10.6. The van der Waals surface area contributed by atoms with E-state index in [0.717, 1.165) is 57.9 Å². The molecule has 4 aliphatic rings. The predicted octanol–water partition coefficient (Wildman–Crippen LogP) is 2.29. The molecule has 4 saturated carbocycles. The predicted molar refractivity (Wildman–Crippen MR) is 111 cm³/mol. The van der Waals surface area contributed by atoms with Crippen molar-refractivity contribution in [2.24, 2.45) is 51.1 Å². The van der Waals surface area contributed by atoms with E-state index in [-0.39, 0.29) is 17.5 Å². The number of aliphatic hydroxyl groups excluding tert-OH is 1. The van der Waals surface area contributed by atoms with Crippen LogP contribution in [-0.4, -0.2) is 34.4 Å². The first-order chi connectivity index (χ1) is 13.2. The molecule has 0 radical (unpaired) electrons. The second-order valence-electron chi connectivity index (χ2n) is 10.8. The highest BCUT2D eigenvalue weighted by molar-refractivity contribution is 5.75. The molecule has 160 valence electrons. The van der Waals surface area contributed by atoms with Crippen LogP contribution in [0.3, 0.4) is 0 Å². The number of nitrogens with two attached hydrogens (primary N) is 2. The van der Waals surface area contributed by atoms with E-state index in [1.165, 1.54) is 12.8 Å². The Labute approximate surface area is 169 Å². The first-order valence-corrected chi connectivity index (χ1v) is 11.4. The Balaban J connectivity index is 1.51. The van der Waals surface area contributed by atoms with Crippen molar-refractivity contribution in [2.75, 3.05) is 6.54 Å². The fraction of sp³-hybridized carbons (Fsp3) is 0.955. The van der Waals surface area contributed by atoms with E-state index in [4.69, 9.17) is 11.5 Å². The molecule has 0 amide bonds. The lowest BCUT2D eigenvalue weighted by molar-refractivity contribution is -0.210. The third-order valence-electron chi connectivity index (χ3n) is 9.83. The number of nitrogens with zero attached hydrogens (tertiary/aromatic N) is 1. The minimum Gasteiger partial charge on any atom is -0.393 e. The summed E-state index contributed by atoms with van der Waals surface area (Å²) in [7, 11) is 0. The molecule has 0 aromatic rings. The fourth-order valence-electron chi connectivity index (χ4n) is 8.16. The number of guanidine groups is 1. The summed E-state index contributed by atoms with van der Waals surface area (Å²) in [5.74, 6) is 2.23. The van der Waals surface area contributed by atoms with Crippen LogP contribution in [0.25, 0.3) is 0 Å². The van der Waals surface area contributed by atoms with E-state index >= 15 is 0 Å². The molecule has 7 N–H and O–H groups in total. The molecule has 4 aliphatic carbocycles. The average Bonchev–Trinajstić information content (AvgIpc) is 2.90. The van der Waals surface area contributed by atoms with Gasteiger partial charge in [0.25, 0.3) is 0 Å². The third-order valence-corrected chi connectivity index (χ3v) is 9.83. The second-order valence-corrected chi connectivity index (χ2v) is 10.8. The maximum absolute atomic E-state index is 12.1. The minimum atomic E-state index is -0.541. The van der Waals surface area contributed by atoms with Crippen LogP contribution >= 0.6 is 0 Å². The van der Waals surface area contributed by atoms with Crippen LogP contribution in [0.15, 0.2) is 5.10 Å². The quantitative estimate of drug-likeness (QED) is 0.218. The zero-order valence-corrected chi connectivity index (χ0v) is 17.7. The summed E-state index contributed by atoms with van der Waals surface area (Å²) in [5.41, 5.74) is 13.5. The molecule has 0 aromatic carbocycles. The van der Waals surface area contributed by atoms with Gasteiger partial charge in [0, 0.05) is 6.54 Å². The molecule has 0 aliphatic heterocycles. The molecule has 4 fully saturated rings. The van der Waals surface area contributed by atoms with Crippen molar-refractivity contribution in [1.82, 2.24) is 5.43 Å². The largest absolute Gasteiger partial charge is 0.393 e. The molecule has 0 saturated heterocycles. The molecule has 6 heteroatoms. The average molecular weight is 393 g/mol. The Morgan fingerprint density at radius 1 is 1.04 bits per heavy atom. The van der Waals surface area contributed by atoms with Gasteiger partial charge in [-0.2, -0.15) is 0 Å². The summed E-state index contributed by atoms with van der Waals surface area (Å²) >= 11 is 0.